The molecule has 0 fully saturated rings. The highest BCUT2D eigenvalue weighted by molar-refractivity contribution is 8.03. The van der Waals surface area contributed by atoms with Gasteiger partial charge in [-0.25, -0.2) is 0 Å². The van der Waals surface area contributed by atoms with Crippen molar-refractivity contribution in [3.05, 3.63) is 23.1 Å². The third-order valence-electron chi connectivity index (χ3n) is 1.62. The number of thioether (sulfide) groups is 1. The highest BCUT2D eigenvalue weighted by Gasteiger charge is 2.08. The van der Waals surface area contributed by atoms with Crippen molar-refractivity contribution in [2.75, 3.05) is 5.88 Å². The molecule has 0 aromatic rings. The summed E-state index contributed by atoms with van der Waals surface area (Å²) in [5.74, 6) is 1.38. The van der Waals surface area contributed by atoms with Gasteiger partial charge in [0.25, 0.3) is 0 Å². The topological polar surface area (TPSA) is 26.0 Å². The normalized spacial score (nSPS) is 24.6. The minimum absolute atomic E-state index is 0.679. The van der Waals surface area contributed by atoms with Gasteiger partial charge in [-0.1, -0.05) is 25.2 Å². The van der Waals surface area contributed by atoms with E-state index in [0.29, 0.717) is 11.8 Å². The maximum atomic E-state index is 5.42. The van der Waals surface area contributed by atoms with Crippen LogP contribution in [0.5, 0.6) is 0 Å². The summed E-state index contributed by atoms with van der Waals surface area (Å²) in [5.41, 5.74) is 5.42. The molecule has 0 saturated heterocycles. The average Bonchev–Trinajstić information content (AvgIpc) is 1.94. The number of nitrogens with two attached hydrogens (primary N) is 1. The van der Waals surface area contributed by atoms with Crippen LogP contribution in [0.3, 0.4) is 0 Å². The minimum Gasteiger partial charge on any atom is -0.322 e. The summed E-state index contributed by atoms with van der Waals surface area (Å²) in [7, 11) is 0. The van der Waals surface area contributed by atoms with Gasteiger partial charge in [0.15, 0.2) is 0 Å². The molecule has 1 atom stereocenters. The SMILES string of the molecule is CC1CC=CC=C1SCN. The molecular formula is C8H13NS. The molecule has 0 aromatic carbocycles. The van der Waals surface area contributed by atoms with Crippen LogP contribution in [0.2, 0.25) is 0 Å². The van der Waals surface area contributed by atoms with Gasteiger partial charge < -0.3 is 5.73 Å². The lowest BCUT2D eigenvalue weighted by Crippen LogP contribution is -2.01. The van der Waals surface area contributed by atoms with Crippen LogP contribution < -0.4 is 5.73 Å². The second-order valence-corrected chi connectivity index (χ2v) is 3.54. The standard InChI is InChI=1S/C8H13NS/c1-7-4-2-3-5-8(7)10-6-9/h2-3,5,7H,4,6,9H2,1H3. The fourth-order valence-corrected chi connectivity index (χ4v) is 1.76. The summed E-state index contributed by atoms with van der Waals surface area (Å²) in [6.07, 6.45) is 7.63. The molecule has 0 spiro atoms. The molecule has 0 aliphatic heterocycles. The quantitative estimate of drug-likeness (QED) is 0.618. The first kappa shape index (κ1) is 7.89. The number of allylic oxidation sites excluding steroid dienone is 4. The predicted octanol–water partition coefficient (Wildman–Crippen LogP) is 2.12. The van der Waals surface area contributed by atoms with Crippen molar-refractivity contribution in [2.24, 2.45) is 11.7 Å². The zero-order valence-corrected chi connectivity index (χ0v) is 7.03. The lowest BCUT2D eigenvalue weighted by molar-refractivity contribution is 0.724. The van der Waals surface area contributed by atoms with Crippen LogP contribution >= 0.6 is 11.8 Å². The number of hydrogen-bond acceptors (Lipinski definition) is 2. The van der Waals surface area contributed by atoms with Crippen LogP contribution in [-0.4, -0.2) is 5.88 Å². The van der Waals surface area contributed by atoms with Crippen LogP contribution in [0, 0.1) is 5.92 Å². The Hall–Kier alpha value is -0.210. The van der Waals surface area contributed by atoms with Crippen molar-refractivity contribution in [1.29, 1.82) is 0 Å². The summed E-state index contributed by atoms with van der Waals surface area (Å²) in [5, 5.41) is 0. The van der Waals surface area contributed by atoms with Crippen LogP contribution in [0.1, 0.15) is 13.3 Å². The molecule has 0 saturated carbocycles. The van der Waals surface area contributed by atoms with Crippen molar-refractivity contribution in [2.45, 2.75) is 13.3 Å². The Morgan fingerprint density at radius 3 is 3.20 bits per heavy atom. The summed E-state index contributed by atoms with van der Waals surface area (Å²) in [6.45, 7) is 2.23. The smallest absolute Gasteiger partial charge is 0.0437 e. The van der Waals surface area contributed by atoms with E-state index in [2.05, 4.69) is 25.2 Å². The zero-order chi connectivity index (χ0) is 7.40. The Labute approximate surface area is 66.4 Å². The summed E-state index contributed by atoms with van der Waals surface area (Å²) in [4.78, 5) is 1.42. The Balaban J connectivity index is 2.52. The van der Waals surface area contributed by atoms with Crippen LogP contribution in [-0.2, 0) is 0 Å². The van der Waals surface area contributed by atoms with Gasteiger partial charge in [0.2, 0.25) is 0 Å². The largest absolute Gasteiger partial charge is 0.322 e. The molecule has 0 aromatic heterocycles. The van der Waals surface area contributed by atoms with Crippen LogP contribution in [0.25, 0.3) is 0 Å². The van der Waals surface area contributed by atoms with E-state index in [4.69, 9.17) is 5.73 Å². The van der Waals surface area contributed by atoms with Crippen molar-refractivity contribution in [1.82, 2.24) is 0 Å². The first-order valence-electron chi connectivity index (χ1n) is 3.54. The molecule has 56 valence electrons. The lowest BCUT2D eigenvalue weighted by atomic mass is 10.0. The Morgan fingerprint density at radius 1 is 1.80 bits per heavy atom. The molecule has 1 aliphatic carbocycles. The summed E-state index contributed by atoms with van der Waals surface area (Å²) in [6, 6.07) is 0. The van der Waals surface area contributed by atoms with E-state index in [0.717, 1.165) is 0 Å². The van der Waals surface area contributed by atoms with Gasteiger partial charge in [0.05, 0.1) is 0 Å². The zero-order valence-electron chi connectivity index (χ0n) is 6.21. The highest BCUT2D eigenvalue weighted by atomic mass is 32.2. The summed E-state index contributed by atoms with van der Waals surface area (Å²) < 4.78 is 0. The third kappa shape index (κ3) is 1.89. The van der Waals surface area contributed by atoms with Gasteiger partial charge in [-0.2, -0.15) is 0 Å². The fraction of sp³-hybridized carbons (Fsp3) is 0.500. The third-order valence-corrected chi connectivity index (χ3v) is 2.66. The first-order valence-corrected chi connectivity index (χ1v) is 4.52. The molecule has 1 rings (SSSR count). The molecule has 2 N–H and O–H groups in total. The van der Waals surface area contributed by atoms with Crippen molar-refractivity contribution >= 4 is 11.8 Å². The second kappa shape index (κ2) is 3.84. The maximum absolute atomic E-state index is 5.42. The van der Waals surface area contributed by atoms with Crippen molar-refractivity contribution in [3.63, 3.8) is 0 Å². The predicted molar refractivity (Wildman–Crippen MR) is 47.6 cm³/mol. The Bertz CT molecular complexity index is 161. The molecule has 1 unspecified atom stereocenters. The summed E-state index contributed by atoms with van der Waals surface area (Å²) >= 11 is 1.75. The second-order valence-electron chi connectivity index (χ2n) is 2.44. The van der Waals surface area contributed by atoms with Gasteiger partial charge >= 0.3 is 0 Å². The first-order chi connectivity index (χ1) is 4.84. The van der Waals surface area contributed by atoms with E-state index >= 15 is 0 Å². The van der Waals surface area contributed by atoms with E-state index in [1.807, 2.05) is 0 Å². The lowest BCUT2D eigenvalue weighted by Gasteiger charge is -2.14. The average molecular weight is 155 g/mol. The molecule has 2 heteroatoms. The molecular weight excluding hydrogens is 142 g/mol. The van der Waals surface area contributed by atoms with E-state index in [1.54, 1.807) is 11.8 Å². The molecule has 1 aliphatic rings. The van der Waals surface area contributed by atoms with Crippen LogP contribution in [0.4, 0.5) is 0 Å². The molecule has 0 radical (unpaired) electrons. The van der Waals surface area contributed by atoms with E-state index in [-0.39, 0.29) is 0 Å². The molecule has 10 heavy (non-hydrogen) atoms. The van der Waals surface area contributed by atoms with Crippen molar-refractivity contribution in [3.8, 4) is 0 Å². The maximum Gasteiger partial charge on any atom is 0.0437 e. The van der Waals surface area contributed by atoms with Crippen molar-refractivity contribution < 1.29 is 0 Å². The van der Waals surface area contributed by atoms with E-state index < -0.39 is 0 Å². The highest BCUT2D eigenvalue weighted by Crippen LogP contribution is 2.28. The van der Waals surface area contributed by atoms with E-state index in [9.17, 15) is 0 Å². The number of rotatable bonds is 2. The van der Waals surface area contributed by atoms with Gasteiger partial charge in [0.1, 0.15) is 0 Å². The minimum atomic E-state index is 0.679. The van der Waals surface area contributed by atoms with Gasteiger partial charge in [0, 0.05) is 5.88 Å². The monoisotopic (exact) mass is 155 g/mol. The fourth-order valence-electron chi connectivity index (χ4n) is 1.01. The van der Waals surface area contributed by atoms with Gasteiger partial charge in [-0.3, -0.25) is 0 Å². The molecule has 0 heterocycles. The van der Waals surface area contributed by atoms with Gasteiger partial charge in [-0.15, -0.1) is 11.8 Å². The number of hydrogen-bond donors (Lipinski definition) is 1. The Kier molecular flexibility index (Phi) is 3.03. The molecule has 1 nitrogen and oxygen atoms in total. The van der Waals surface area contributed by atoms with E-state index in [1.165, 1.54) is 11.3 Å². The van der Waals surface area contributed by atoms with Gasteiger partial charge in [-0.05, 0) is 17.2 Å². The molecule has 0 bridgehead atoms. The van der Waals surface area contributed by atoms with Crippen LogP contribution in [0.15, 0.2) is 23.1 Å². The Morgan fingerprint density at radius 2 is 2.60 bits per heavy atom. The molecule has 0 amide bonds.